The predicted molar refractivity (Wildman–Crippen MR) is 126 cm³/mol. The van der Waals surface area contributed by atoms with Crippen molar-refractivity contribution >= 4 is 11.6 Å². The fraction of sp³-hybridized carbons (Fsp3) is 0.296. The molecule has 178 valence electrons. The topological polar surface area (TPSA) is 32.8 Å². The molecule has 1 aliphatic rings. The molecule has 1 saturated heterocycles. The third-order valence-electron chi connectivity index (χ3n) is 6.21. The molecular formula is C27H27F3N2O2. The molecule has 0 aliphatic carbocycles. The van der Waals surface area contributed by atoms with Crippen LogP contribution >= 0.6 is 0 Å². The normalized spacial score (nSPS) is 15.2. The molecule has 34 heavy (non-hydrogen) atoms. The number of amides is 1. The molecule has 4 rings (SSSR count). The number of likely N-dealkylation sites (tertiary alicyclic amines) is 1. The first-order valence-electron chi connectivity index (χ1n) is 11.3. The van der Waals surface area contributed by atoms with Gasteiger partial charge in [-0.1, -0.05) is 42.5 Å². The number of ether oxygens (including phenoxy) is 1. The Labute approximate surface area is 197 Å². The van der Waals surface area contributed by atoms with Crippen LogP contribution in [-0.4, -0.2) is 37.0 Å². The standard InChI is InChI=1S/C27H27F3N2O2/c1-34-24-12-7-11-23(18-24)32(26(33)20-8-3-2-4-9-20)22-14-16-31(17-15-22)19-21-10-5-6-13-25(21)27(28,29)30/h2-13,18,22H,14-17,19H2,1H3. The van der Waals surface area contributed by atoms with Crippen molar-refractivity contribution in [1.82, 2.24) is 4.90 Å². The van der Waals surface area contributed by atoms with Crippen LogP contribution in [-0.2, 0) is 12.7 Å². The summed E-state index contributed by atoms with van der Waals surface area (Å²) in [4.78, 5) is 17.3. The molecular weight excluding hydrogens is 441 g/mol. The molecule has 3 aromatic carbocycles. The molecule has 0 unspecified atom stereocenters. The monoisotopic (exact) mass is 468 g/mol. The smallest absolute Gasteiger partial charge is 0.416 e. The van der Waals surface area contributed by atoms with Crippen LogP contribution in [0.15, 0.2) is 78.9 Å². The van der Waals surface area contributed by atoms with E-state index in [9.17, 15) is 18.0 Å². The number of halogens is 3. The van der Waals surface area contributed by atoms with Crippen molar-refractivity contribution in [2.24, 2.45) is 0 Å². The minimum Gasteiger partial charge on any atom is -0.497 e. The molecule has 1 fully saturated rings. The quantitative estimate of drug-likeness (QED) is 0.443. The third kappa shape index (κ3) is 5.42. The van der Waals surface area contributed by atoms with E-state index in [1.54, 1.807) is 30.2 Å². The molecule has 0 saturated carbocycles. The van der Waals surface area contributed by atoms with Gasteiger partial charge in [-0.15, -0.1) is 0 Å². The van der Waals surface area contributed by atoms with Gasteiger partial charge in [-0.05, 0) is 48.7 Å². The Morgan fingerprint density at radius 2 is 1.65 bits per heavy atom. The number of methoxy groups -OCH3 is 1. The number of nitrogens with zero attached hydrogens (tertiary/aromatic N) is 2. The highest BCUT2D eigenvalue weighted by atomic mass is 19.4. The lowest BCUT2D eigenvalue weighted by molar-refractivity contribution is -0.138. The number of piperidine rings is 1. The Morgan fingerprint density at radius 1 is 0.971 bits per heavy atom. The highest BCUT2D eigenvalue weighted by Gasteiger charge is 2.34. The van der Waals surface area contributed by atoms with E-state index in [1.807, 2.05) is 47.4 Å². The van der Waals surface area contributed by atoms with Gasteiger partial charge in [-0.3, -0.25) is 9.69 Å². The molecule has 1 aliphatic heterocycles. The van der Waals surface area contributed by atoms with E-state index in [2.05, 4.69) is 0 Å². The zero-order chi connectivity index (χ0) is 24.1. The third-order valence-corrected chi connectivity index (χ3v) is 6.21. The first-order chi connectivity index (χ1) is 16.4. The zero-order valence-electron chi connectivity index (χ0n) is 19.0. The van der Waals surface area contributed by atoms with Gasteiger partial charge in [0.1, 0.15) is 5.75 Å². The first kappa shape index (κ1) is 23.8. The van der Waals surface area contributed by atoms with Gasteiger partial charge in [-0.2, -0.15) is 13.2 Å². The number of carbonyl (C=O) groups is 1. The van der Waals surface area contributed by atoms with E-state index in [0.29, 0.717) is 37.2 Å². The lowest BCUT2D eigenvalue weighted by Crippen LogP contribution is -2.47. The second-order valence-electron chi connectivity index (χ2n) is 8.40. The summed E-state index contributed by atoms with van der Waals surface area (Å²) in [7, 11) is 1.58. The van der Waals surface area contributed by atoms with Crippen molar-refractivity contribution in [3.8, 4) is 5.75 Å². The molecule has 0 N–H and O–H groups in total. The van der Waals surface area contributed by atoms with Crippen LogP contribution in [0.25, 0.3) is 0 Å². The lowest BCUT2D eigenvalue weighted by Gasteiger charge is -2.39. The Kier molecular flexibility index (Phi) is 7.22. The van der Waals surface area contributed by atoms with Crippen LogP contribution in [0.3, 0.4) is 0 Å². The van der Waals surface area contributed by atoms with Gasteiger partial charge in [0.2, 0.25) is 0 Å². The Morgan fingerprint density at radius 3 is 2.32 bits per heavy atom. The summed E-state index contributed by atoms with van der Waals surface area (Å²) in [6.07, 6.45) is -3.06. The van der Waals surface area contributed by atoms with Crippen molar-refractivity contribution in [2.45, 2.75) is 31.6 Å². The Hall–Kier alpha value is -3.32. The van der Waals surface area contributed by atoms with Crippen LogP contribution < -0.4 is 9.64 Å². The van der Waals surface area contributed by atoms with Crippen molar-refractivity contribution in [3.63, 3.8) is 0 Å². The lowest BCUT2D eigenvalue weighted by atomic mass is 9.99. The summed E-state index contributed by atoms with van der Waals surface area (Å²) in [6.45, 7) is 1.42. The average molecular weight is 469 g/mol. The average Bonchev–Trinajstić information content (AvgIpc) is 2.85. The Bertz CT molecular complexity index is 1110. The minimum absolute atomic E-state index is 0.0751. The molecule has 0 atom stereocenters. The van der Waals surface area contributed by atoms with Gasteiger partial charge in [0.05, 0.1) is 12.7 Å². The summed E-state index contributed by atoms with van der Waals surface area (Å²) in [5.41, 5.74) is 1.02. The van der Waals surface area contributed by atoms with E-state index in [0.717, 1.165) is 11.8 Å². The maximum absolute atomic E-state index is 13.5. The van der Waals surface area contributed by atoms with E-state index in [1.165, 1.54) is 12.1 Å². The molecule has 0 aromatic heterocycles. The second kappa shape index (κ2) is 10.3. The minimum atomic E-state index is -4.37. The second-order valence-corrected chi connectivity index (χ2v) is 8.40. The van der Waals surface area contributed by atoms with Crippen molar-refractivity contribution in [3.05, 3.63) is 95.6 Å². The summed E-state index contributed by atoms with van der Waals surface area (Å²) in [6, 6.07) is 22.2. The van der Waals surface area contributed by atoms with Crippen LogP contribution in [0.2, 0.25) is 0 Å². The molecule has 7 heteroatoms. The van der Waals surface area contributed by atoms with E-state index < -0.39 is 11.7 Å². The van der Waals surface area contributed by atoms with Crippen molar-refractivity contribution in [2.75, 3.05) is 25.1 Å². The predicted octanol–water partition coefficient (Wildman–Crippen LogP) is 6.03. The maximum atomic E-state index is 13.5. The van der Waals surface area contributed by atoms with Gasteiger partial charge in [0.25, 0.3) is 5.91 Å². The highest BCUT2D eigenvalue weighted by molar-refractivity contribution is 6.06. The summed E-state index contributed by atoms with van der Waals surface area (Å²) < 4.78 is 45.6. The van der Waals surface area contributed by atoms with Crippen molar-refractivity contribution < 1.29 is 22.7 Å². The van der Waals surface area contributed by atoms with Gasteiger partial charge in [0.15, 0.2) is 0 Å². The van der Waals surface area contributed by atoms with Crippen molar-refractivity contribution in [1.29, 1.82) is 0 Å². The van der Waals surface area contributed by atoms with Crippen LogP contribution in [0.4, 0.5) is 18.9 Å². The fourth-order valence-corrected chi connectivity index (χ4v) is 4.49. The van der Waals surface area contributed by atoms with Crippen LogP contribution in [0.5, 0.6) is 5.75 Å². The first-order valence-corrected chi connectivity index (χ1v) is 11.3. The largest absolute Gasteiger partial charge is 0.497 e. The van der Waals surface area contributed by atoms with Gasteiger partial charge >= 0.3 is 6.18 Å². The number of hydrogen-bond acceptors (Lipinski definition) is 3. The summed E-state index contributed by atoms with van der Waals surface area (Å²) in [5.74, 6) is 0.555. The van der Waals surface area contributed by atoms with Crippen LogP contribution in [0.1, 0.15) is 34.3 Å². The number of carbonyl (C=O) groups excluding carboxylic acids is 1. The number of alkyl halides is 3. The van der Waals surface area contributed by atoms with E-state index >= 15 is 0 Å². The van der Waals surface area contributed by atoms with E-state index in [-0.39, 0.29) is 24.1 Å². The molecule has 0 bridgehead atoms. The van der Waals surface area contributed by atoms with Gasteiger partial charge in [0, 0.05) is 43.0 Å². The van der Waals surface area contributed by atoms with Gasteiger partial charge < -0.3 is 9.64 Å². The molecule has 0 radical (unpaired) electrons. The SMILES string of the molecule is COc1cccc(N(C(=O)c2ccccc2)C2CCN(Cc3ccccc3C(F)(F)F)CC2)c1. The molecule has 0 spiro atoms. The highest BCUT2D eigenvalue weighted by Crippen LogP contribution is 2.33. The van der Waals surface area contributed by atoms with Crippen LogP contribution in [0, 0.1) is 0 Å². The summed E-state index contributed by atoms with van der Waals surface area (Å²) in [5, 5.41) is 0. The van der Waals surface area contributed by atoms with Gasteiger partial charge in [-0.25, -0.2) is 0 Å². The molecule has 1 heterocycles. The summed E-state index contributed by atoms with van der Waals surface area (Å²) >= 11 is 0. The number of hydrogen-bond donors (Lipinski definition) is 0. The van der Waals surface area contributed by atoms with E-state index in [4.69, 9.17) is 4.74 Å². The fourth-order valence-electron chi connectivity index (χ4n) is 4.49. The number of benzene rings is 3. The maximum Gasteiger partial charge on any atom is 0.416 e. The molecule has 1 amide bonds. The number of anilines is 1. The molecule has 4 nitrogen and oxygen atoms in total. The Balaban J connectivity index is 1.53. The number of rotatable bonds is 6. The zero-order valence-corrected chi connectivity index (χ0v) is 19.0. The molecule has 3 aromatic rings.